The van der Waals surface area contributed by atoms with Crippen LogP contribution in [0.15, 0.2) is 48.8 Å². The fourth-order valence-corrected chi connectivity index (χ4v) is 4.89. The molecule has 4 aromatic rings. The first-order valence-electron chi connectivity index (χ1n) is 13.0. The first-order valence-corrected chi connectivity index (χ1v) is 13.0. The van der Waals surface area contributed by atoms with Gasteiger partial charge in [-0.1, -0.05) is 18.2 Å². The highest BCUT2D eigenvalue weighted by molar-refractivity contribution is 5.84. The highest BCUT2D eigenvalue weighted by Crippen LogP contribution is 2.33. The maximum absolute atomic E-state index is 13.0. The molecule has 4 heterocycles. The van der Waals surface area contributed by atoms with E-state index in [0.29, 0.717) is 54.7 Å². The minimum atomic E-state index is -4.38. The summed E-state index contributed by atoms with van der Waals surface area (Å²) in [6, 6.07) is 11.1. The minimum Gasteiger partial charge on any atom is -0.454 e. The first-order chi connectivity index (χ1) is 19.4. The number of rotatable bonds is 8. The molecule has 0 aliphatic carbocycles. The summed E-state index contributed by atoms with van der Waals surface area (Å²) in [5.74, 6) is 2.57. The third-order valence-corrected chi connectivity index (χ3v) is 6.99. The van der Waals surface area contributed by atoms with Gasteiger partial charge in [0.05, 0.1) is 25.0 Å². The Morgan fingerprint density at radius 2 is 1.65 bits per heavy atom. The summed E-state index contributed by atoms with van der Waals surface area (Å²) in [5.41, 5.74) is 2.25. The van der Waals surface area contributed by atoms with Crippen LogP contribution in [0.5, 0.6) is 11.5 Å². The summed E-state index contributed by atoms with van der Waals surface area (Å²) in [6.45, 7) is 4.58. The highest BCUT2D eigenvalue weighted by Gasteiger charge is 2.30. The molecule has 0 amide bonds. The van der Waals surface area contributed by atoms with Gasteiger partial charge >= 0.3 is 6.18 Å². The molecule has 2 aromatic heterocycles. The van der Waals surface area contributed by atoms with Crippen LogP contribution in [0, 0.1) is 0 Å². The lowest BCUT2D eigenvalue weighted by atomic mass is 10.1. The number of anilines is 2. The van der Waals surface area contributed by atoms with Gasteiger partial charge in [0.15, 0.2) is 28.5 Å². The standard InChI is InChI=1S/C27H28F3N7O3/c28-27(29,30)20-4-1-18(2-5-20)15-37-16-32-23-24(31-7-12-38)33-26(34-25(23)37)36-10-8-35(9-11-36)14-19-3-6-21-22(13-19)40-17-39-21/h1-6,13,16,38H,7-12,14-15,17H2,(H,31,33,34). The van der Waals surface area contributed by atoms with Gasteiger partial charge in [-0.3, -0.25) is 4.90 Å². The van der Waals surface area contributed by atoms with Gasteiger partial charge in [-0.25, -0.2) is 4.98 Å². The molecule has 0 spiro atoms. The summed E-state index contributed by atoms with van der Waals surface area (Å²) in [5, 5.41) is 12.5. The monoisotopic (exact) mass is 555 g/mol. The predicted molar refractivity (Wildman–Crippen MR) is 141 cm³/mol. The molecule has 6 rings (SSSR count). The zero-order valence-electron chi connectivity index (χ0n) is 21.6. The molecule has 0 radical (unpaired) electrons. The summed E-state index contributed by atoms with van der Waals surface area (Å²) in [6.07, 6.45) is -2.78. The second-order valence-electron chi connectivity index (χ2n) is 9.71. The number of benzene rings is 2. The Balaban J connectivity index is 1.19. The van der Waals surface area contributed by atoms with Gasteiger partial charge in [-0.2, -0.15) is 23.1 Å². The number of alkyl halides is 3. The lowest BCUT2D eigenvalue weighted by molar-refractivity contribution is -0.137. The molecule has 0 saturated carbocycles. The Bertz CT molecular complexity index is 1490. The van der Waals surface area contributed by atoms with Gasteiger partial charge in [0.25, 0.3) is 0 Å². The number of halogens is 3. The molecule has 2 N–H and O–H groups in total. The van der Waals surface area contributed by atoms with Crippen LogP contribution in [0.3, 0.4) is 0 Å². The van der Waals surface area contributed by atoms with Crippen molar-refractivity contribution in [2.75, 3.05) is 56.3 Å². The number of imidazole rings is 1. The molecule has 1 saturated heterocycles. The van der Waals surface area contributed by atoms with E-state index in [2.05, 4.69) is 20.1 Å². The zero-order chi connectivity index (χ0) is 27.7. The van der Waals surface area contributed by atoms with E-state index in [1.54, 1.807) is 10.9 Å². The molecule has 13 heteroatoms. The Morgan fingerprint density at radius 1 is 0.900 bits per heavy atom. The average Bonchev–Trinajstić information content (AvgIpc) is 3.59. The molecule has 40 heavy (non-hydrogen) atoms. The number of aliphatic hydroxyl groups is 1. The van der Waals surface area contributed by atoms with Crippen LogP contribution in [-0.2, 0) is 19.3 Å². The number of aliphatic hydroxyl groups excluding tert-OH is 1. The molecular formula is C27H28F3N7O3. The largest absolute Gasteiger partial charge is 0.454 e. The normalized spacial score (nSPS) is 15.7. The van der Waals surface area contributed by atoms with Crippen LogP contribution in [0.1, 0.15) is 16.7 Å². The van der Waals surface area contributed by atoms with Crippen LogP contribution in [-0.4, -0.2) is 75.6 Å². The summed E-state index contributed by atoms with van der Waals surface area (Å²) >= 11 is 0. The number of hydrogen-bond acceptors (Lipinski definition) is 9. The van der Waals surface area contributed by atoms with E-state index in [1.165, 1.54) is 12.1 Å². The molecule has 10 nitrogen and oxygen atoms in total. The van der Waals surface area contributed by atoms with Crippen LogP contribution in [0.25, 0.3) is 11.2 Å². The maximum atomic E-state index is 13.0. The number of hydrogen-bond donors (Lipinski definition) is 2. The van der Waals surface area contributed by atoms with Crippen molar-refractivity contribution in [3.8, 4) is 11.5 Å². The second kappa shape index (κ2) is 10.8. The molecule has 0 bridgehead atoms. The van der Waals surface area contributed by atoms with E-state index in [-0.39, 0.29) is 13.4 Å². The Morgan fingerprint density at radius 3 is 2.40 bits per heavy atom. The zero-order valence-corrected chi connectivity index (χ0v) is 21.6. The Kier molecular flexibility index (Phi) is 7.07. The third kappa shape index (κ3) is 5.47. The van der Waals surface area contributed by atoms with Crippen LogP contribution in [0.4, 0.5) is 24.9 Å². The van der Waals surface area contributed by atoms with Gasteiger partial charge in [-0.05, 0) is 35.4 Å². The Hall–Kier alpha value is -4.10. The van der Waals surface area contributed by atoms with Gasteiger partial charge in [-0.15, -0.1) is 0 Å². The molecule has 2 aliphatic rings. The van der Waals surface area contributed by atoms with Crippen molar-refractivity contribution in [2.24, 2.45) is 0 Å². The van der Waals surface area contributed by atoms with Gasteiger partial charge in [0, 0.05) is 39.3 Å². The molecule has 2 aromatic carbocycles. The van der Waals surface area contributed by atoms with Crippen molar-refractivity contribution in [2.45, 2.75) is 19.3 Å². The smallest absolute Gasteiger partial charge is 0.416 e. The van der Waals surface area contributed by atoms with E-state index in [0.717, 1.165) is 48.8 Å². The van der Waals surface area contributed by atoms with E-state index < -0.39 is 11.7 Å². The van der Waals surface area contributed by atoms with Crippen molar-refractivity contribution in [3.05, 3.63) is 65.5 Å². The van der Waals surface area contributed by atoms with Crippen molar-refractivity contribution in [1.82, 2.24) is 24.4 Å². The summed E-state index contributed by atoms with van der Waals surface area (Å²) in [4.78, 5) is 18.4. The average molecular weight is 556 g/mol. The summed E-state index contributed by atoms with van der Waals surface area (Å²) < 4.78 is 51.6. The SMILES string of the molecule is OCCNc1nc(N2CCN(Cc3ccc4c(c3)OCO4)CC2)nc2c1ncn2Cc1ccc(C(F)(F)F)cc1. The van der Waals surface area contributed by atoms with Gasteiger partial charge in [0.1, 0.15) is 0 Å². The molecular weight excluding hydrogens is 527 g/mol. The summed E-state index contributed by atoms with van der Waals surface area (Å²) in [7, 11) is 0. The van der Waals surface area contributed by atoms with E-state index in [9.17, 15) is 18.3 Å². The van der Waals surface area contributed by atoms with E-state index >= 15 is 0 Å². The molecule has 1 fully saturated rings. The number of ether oxygens (including phenoxy) is 2. The van der Waals surface area contributed by atoms with Crippen LogP contribution >= 0.6 is 0 Å². The van der Waals surface area contributed by atoms with Crippen molar-refractivity contribution in [3.63, 3.8) is 0 Å². The van der Waals surface area contributed by atoms with Crippen molar-refractivity contribution in [1.29, 1.82) is 0 Å². The van der Waals surface area contributed by atoms with Crippen molar-refractivity contribution < 1.29 is 27.8 Å². The highest BCUT2D eigenvalue weighted by atomic mass is 19.4. The second-order valence-corrected chi connectivity index (χ2v) is 9.71. The van der Waals surface area contributed by atoms with Gasteiger partial charge in [0.2, 0.25) is 12.7 Å². The van der Waals surface area contributed by atoms with Crippen LogP contribution in [0.2, 0.25) is 0 Å². The predicted octanol–water partition coefficient (Wildman–Crippen LogP) is 3.35. The topological polar surface area (TPSA) is 101 Å². The number of nitrogens with one attached hydrogen (secondary N) is 1. The lowest BCUT2D eigenvalue weighted by Gasteiger charge is -2.34. The molecule has 0 atom stereocenters. The number of fused-ring (bicyclic) bond motifs is 2. The van der Waals surface area contributed by atoms with Crippen molar-refractivity contribution >= 4 is 22.9 Å². The fraction of sp³-hybridized carbons (Fsp3) is 0.370. The number of aromatic nitrogens is 4. The Labute approximate surface area is 228 Å². The lowest BCUT2D eigenvalue weighted by Crippen LogP contribution is -2.46. The van der Waals surface area contributed by atoms with E-state index in [4.69, 9.17) is 19.4 Å². The van der Waals surface area contributed by atoms with E-state index in [1.807, 2.05) is 18.2 Å². The van der Waals surface area contributed by atoms with Crippen LogP contribution < -0.4 is 19.7 Å². The minimum absolute atomic E-state index is 0.0778. The van der Waals surface area contributed by atoms with Gasteiger partial charge < -0.3 is 29.4 Å². The number of nitrogens with zero attached hydrogens (tertiary/aromatic N) is 6. The number of piperazine rings is 1. The quantitative estimate of drug-likeness (QED) is 0.339. The maximum Gasteiger partial charge on any atom is 0.416 e. The molecule has 0 unspecified atom stereocenters. The fourth-order valence-electron chi connectivity index (χ4n) is 4.89. The first kappa shape index (κ1) is 26.1. The third-order valence-electron chi connectivity index (χ3n) is 6.99. The molecule has 2 aliphatic heterocycles. The molecule has 210 valence electrons.